The van der Waals surface area contributed by atoms with Crippen LogP contribution in [0.15, 0.2) is 21.2 Å². The summed E-state index contributed by atoms with van der Waals surface area (Å²) in [6, 6.07) is 3.37. The molecule has 0 aliphatic heterocycles. The van der Waals surface area contributed by atoms with E-state index >= 15 is 0 Å². The first-order valence-corrected chi connectivity index (χ1v) is 6.16. The molecule has 0 saturated heterocycles. The molecule has 1 N–H and O–H groups in total. The van der Waals surface area contributed by atoms with Gasteiger partial charge < -0.3 is 9.73 Å². The molecular weight excluding hydrogens is 270 g/mol. The van der Waals surface area contributed by atoms with E-state index in [-0.39, 0.29) is 11.3 Å². The molecule has 16 heavy (non-hydrogen) atoms. The average Bonchev–Trinajstić information content (AvgIpc) is 2.61. The molecule has 1 heterocycles. The molecule has 0 aliphatic carbocycles. The van der Waals surface area contributed by atoms with Crippen LogP contribution in [0.3, 0.4) is 0 Å². The van der Waals surface area contributed by atoms with Crippen LogP contribution in [0.2, 0.25) is 0 Å². The zero-order chi connectivity index (χ0) is 12.3. The number of carbonyl (C=O) groups is 1. The lowest BCUT2D eigenvalue weighted by Crippen LogP contribution is -2.36. The fourth-order valence-corrected chi connectivity index (χ4v) is 1.34. The quantitative estimate of drug-likeness (QED) is 0.922. The van der Waals surface area contributed by atoms with Gasteiger partial charge in [-0.2, -0.15) is 0 Å². The molecule has 3 nitrogen and oxygen atoms in total. The number of rotatable bonds is 4. The van der Waals surface area contributed by atoms with Crippen molar-refractivity contribution in [3.8, 4) is 0 Å². The van der Waals surface area contributed by atoms with Crippen molar-refractivity contribution >= 4 is 21.8 Å². The fourth-order valence-electron chi connectivity index (χ4n) is 1.04. The van der Waals surface area contributed by atoms with Crippen LogP contribution in [-0.4, -0.2) is 12.5 Å². The highest BCUT2D eigenvalue weighted by Gasteiger charge is 2.23. The van der Waals surface area contributed by atoms with Crippen molar-refractivity contribution in [2.24, 2.45) is 11.3 Å². The van der Waals surface area contributed by atoms with Crippen molar-refractivity contribution in [2.75, 3.05) is 6.54 Å². The van der Waals surface area contributed by atoms with Crippen molar-refractivity contribution in [1.29, 1.82) is 0 Å². The van der Waals surface area contributed by atoms with Gasteiger partial charge in [-0.25, -0.2) is 0 Å². The third-order valence-electron chi connectivity index (χ3n) is 3.06. The van der Waals surface area contributed by atoms with Gasteiger partial charge in [-0.1, -0.05) is 27.7 Å². The van der Waals surface area contributed by atoms with Crippen molar-refractivity contribution in [2.45, 2.75) is 27.7 Å². The van der Waals surface area contributed by atoms with Crippen LogP contribution >= 0.6 is 15.9 Å². The topological polar surface area (TPSA) is 42.2 Å². The lowest BCUT2D eigenvalue weighted by Gasteiger charge is -2.29. The summed E-state index contributed by atoms with van der Waals surface area (Å²) in [5.74, 6) is 0.682. The Balaban J connectivity index is 2.54. The van der Waals surface area contributed by atoms with E-state index in [9.17, 15) is 4.79 Å². The Kier molecular flexibility index (Phi) is 4.19. The van der Waals surface area contributed by atoms with Crippen molar-refractivity contribution in [1.82, 2.24) is 5.32 Å². The van der Waals surface area contributed by atoms with Gasteiger partial charge in [0, 0.05) is 6.54 Å². The Morgan fingerprint density at radius 2 is 2.12 bits per heavy atom. The summed E-state index contributed by atoms with van der Waals surface area (Å²) in [6.07, 6.45) is 0. The standard InChI is InChI=1S/C12H18BrNO2/c1-8(2)12(3,4)7-14-11(15)9-5-6-10(13)16-9/h5-6,8H,7H2,1-4H3,(H,14,15). The van der Waals surface area contributed by atoms with Gasteiger partial charge in [0.05, 0.1) is 0 Å². The van der Waals surface area contributed by atoms with Gasteiger partial charge >= 0.3 is 0 Å². The molecular formula is C12H18BrNO2. The fraction of sp³-hybridized carbons (Fsp3) is 0.583. The second-order valence-corrected chi connectivity index (χ2v) is 5.71. The summed E-state index contributed by atoms with van der Waals surface area (Å²) < 4.78 is 5.75. The molecule has 0 aromatic carbocycles. The molecule has 0 spiro atoms. The first-order valence-electron chi connectivity index (χ1n) is 5.36. The van der Waals surface area contributed by atoms with E-state index in [1.165, 1.54) is 0 Å². The smallest absolute Gasteiger partial charge is 0.287 e. The molecule has 1 aromatic heterocycles. The second-order valence-electron chi connectivity index (χ2n) is 4.93. The van der Waals surface area contributed by atoms with Gasteiger partial charge in [-0.05, 0) is 39.4 Å². The van der Waals surface area contributed by atoms with E-state index in [1.54, 1.807) is 12.1 Å². The van der Waals surface area contributed by atoms with Crippen LogP contribution in [0.4, 0.5) is 0 Å². The lowest BCUT2D eigenvalue weighted by molar-refractivity contribution is 0.0895. The average molecular weight is 288 g/mol. The zero-order valence-corrected chi connectivity index (χ0v) is 11.7. The normalized spacial score (nSPS) is 11.9. The first kappa shape index (κ1) is 13.3. The van der Waals surface area contributed by atoms with Gasteiger partial charge in [0.25, 0.3) is 5.91 Å². The highest BCUT2D eigenvalue weighted by atomic mass is 79.9. The summed E-state index contributed by atoms with van der Waals surface area (Å²) in [7, 11) is 0. The van der Waals surface area contributed by atoms with Gasteiger partial charge in [0.2, 0.25) is 0 Å². The molecule has 0 unspecified atom stereocenters. The Hall–Kier alpha value is -0.770. The van der Waals surface area contributed by atoms with Crippen LogP contribution in [-0.2, 0) is 0 Å². The largest absolute Gasteiger partial charge is 0.444 e. The minimum Gasteiger partial charge on any atom is -0.444 e. The SMILES string of the molecule is CC(C)C(C)(C)CNC(=O)c1ccc(Br)o1. The Bertz CT molecular complexity index is 369. The van der Waals surface area contributed by atoms with Gasteiger partial charge in [0.15, 0.2) is 10.4 Å². The molecule has 1 aromatic rings. The van der Waals surface area contributed by atoms with Crippen LogP contribution in [0.5, 0.6) is 0 Å². The van der Waals surface area contributed by atoms with Crippen molar-refractivity contribution in [3.63, 3.8) is 0 Å². The monoisotopic (exact) mass is 287 g/mol. The Labute approximate surface area is 105 Å². The summed E-state index contributed by atoms with van der Waals surface area (Å²) >= 11 is 3.17. The number of amides is 1. The molecule has 90 valence electrons. The maximum absolute atomic E-state index is 11.7. The van der Waals surface area contributed by atoms with E-state index in [0.29, 0.717) is 22.9 Å². The van der Waals surface area contributed by atoms with E-state index in [2.05, 4.69) is 48.9 Å². The predicted octanol–water partition coefficient (Wildman–Crippen LogP) is 3.45. The third-order valence-corrected chi connectivity index (χ3v) is 3.49. The van der Waals surface area contributed by atoms with Gasteiger partial charge in [-0.15, -0.1) is 0 Å². The van der Waals surface area contributed by atoms with Crippen molar-refractivity contribution < 1.29 is 9.21 Å². The third kappa shape index (κ3) is 3.37. The maximum Gasteiger partial charge on any atom is 0.287 e. The molecule has 0 atom stereocenters. The molecule has 0 bridgehead atoms. The number of hydrogen-bond donors (Lipinski definition) is 1. The highest BCUT2D eigenvalue weighted by Crippen LogP contribution is 2.24. The minimum atomic E-state index is -0.167. The summed E-state index contributed by atoms with van der Waals surface area (Å²) in [5, 5.41) is 2.88. The highest BCUT2D eigenvalue weighted by molar-refractivity contribution is 9.10. The van der Waals surface area contributed by atoms with E-state index < -0.39 is 0 Å². The number of nitrogens with one attached hydrogen (secondary N) is 1. The van der Waals surface area contributed by atoms with E-state index in [4.69, 9.17) is 4.42 Å². The predicted molar refractivity (Wildman–Crippen MR) is 67.4 cm³/mol. The first-order chi connectivity index (χ1) is 7.33. The van der Waals surface area contributed by atoms with Crippen LogP contribution in [0.25, 0.3) is 0 Å². The van der Waals surface area contributed by atoms with Crippen LogP contribution in [0.1, 0.15) is 38.2 Å². The number of hydrogen-bond acceptors (Lipinski definition) is 2. The molecule has 4 heteroatoms. The molecule has 1 amide bonds. The van der Waals surface area contributed by atoms with Gasteiger partial charge in [-0.3, -0.25) is 4.79 Å². The zero-order valence-electron chi connectivity index (χ0n) is 10.1. The number of carbonyl (C=O) groups excluding carboxylic acids is 1. The molecule has 0 aliphatic rings. The molecule has 1 rings (SSSR count). The van der Waals surface area contributed by atoms with Crippen molar-refractivity contribution in [3.05, 3.63) is 22.6 Å². The van der Waals surface area contributed by atoms with Gasteiger partial charge in [0.1, 0.15) is 0 Å². The summed E-state index contributed by atoms with van der Waals surface area (Å²) in [4.78, 5) is 11.7. The van der Waals surface area contributed by atoms with Crippen LogP contribution < -0.4 is 5.32 Å². The van der Waals surface area contributed by atoms with E-state index in [1.807, 2.05) is 0 Å². The second kappa shape index (κ2) is 5.04. The lowest BCUT2D eigenvalue weighted by atomic mass is 9.81. The Morgan fingerprint density at radius 3 is 2.56 bits per heavy atom. The Morgan fingerprint density at radius 1 is 1.50 bits per heavy atom. The molecule has 0 fully saturated rings. The number of furan rings is 1. The maximum atomic E-state index is 11.7. The molecule has 0 radical (unpaired) electrons. The molecule has 0 saturated carbocycles. The van der Waals surface area contributed by atoms with Crippen LogP contribution in [0, 0.1) is 11.3 Å². The van der Waals surface area contributed by atoms with E-state index in [0.717, 1.165) is 0 Å². The number of halogens is 1. The summed E-state index contributed by atoms with van der Waals surface area (Å²) in [5.41, 5.74) is 0.0828. The summed E-state index contributed by atoms with van der Waals surface area (Å²) in [6.45, 7) is 9.21. The minimum absolute atomic E-state index is 0.0828.